The van der Waals surface area contributed by atoms with Crippen LogP contribution < -0.4 is 0 Å². The van der Waals surface area contributed by atoms with Crippen LogP contribution in [0.5, 0.6) is 0 Å². The summed E-state index contributed by atoms with van der Waals surface area (Å²) in [6.07, 6.45) is 3.80. The summed E-state index contributed by atoms with van der Waals surface area (Å²) >= 11 is 0. The van der Waals surface area contributed by atoms with Crippen LogP contribution in [0.4, 0.5) is 0 Å². The normalized spacial score (nSPS) is 33.8. The Morgan fingerprint density at radius 3 is 2.35 bits per heavy atom. The molecule has 2 aliphatic rings. The molecule has 0 amide bonds. The molecular weight excluding hydrogens is 240 g/mol. The zero-order valence-corrected chi connectivity index (χ0v) is 11.2. The second-order valence-electron chi connectivity index (χ2n) is 5.11. The number of rotatable bonds is 2. The number of piperidine rings is 2. The van der Waals surface area contributed by atoms with Crippen molar-refractivity contribution in [2.75, 3.05) is 19.6 Å². The van der Waals surface area contributed by atoms with Gasteiger partial charge in [0.2, 0.25) is 0 Å². The first-order valence-electron chi connectivity index (χ1n) is 6.47. The van der Waals surface area contributed by atoms with Crippen LogP contribution in [0.25, 0.3) is 0 Å². The lowest BCUT2D eigenvalue weighted by Crippen LogP contribution is -2.52. The zero-order chi connectivity index (χ0) is 12.5. The van der Waals surface area contributed by atoms with Gasteiger partial charge in [-0.3, -0.25) is 0 Å². The molecule has 2 rings (SSSR count). The minimum Gasteiger partial charge on any atom is -0.393 e. The Balaban J connectivity index is 2.08. The maximum atomic E-state index is 12.4. The van der Waals surface area contributed by atoms with Gasteiger partial charge in [0.25, 0.3) is 10.2 Å². The highest BCUT2D eigenvalue weighted by atomic mass is 32.2. The summed E-state index contributed by atoms with van der Waals surface area (Å²) in [5.41, 5.74) is 0. The third-order valence-electron chi connectivity index (χ3n) is 3.73. The van der Waals surface area contributed by atoms with Crippen LogP contribution in [-0.2, 0) is 10.2 Å². The van der Waals surface area contributed by atoms with Crippen molar-refractivity contribution in [3.63, 3.8) is 0 Å². The maximum absolute atomic E-state index is 12.4. The molecule has 1 N–H and O–H groups in total. The maximum Gasteiger partial charge on any atom is 0.282 e. The van der Waals surface area contributed by atoms with Crippen molar-refractivity contribution >= 4 is 10.2 Å². The summed E-state index contributed by atoms with van der Waals surface area (Å²) in [4.78, 5) is 0. The van der Waals surface area contributed by atoms with Gasteiger partial charge in [0.1, 0.15) is 0 Å². The molecule has 0 aromatic heterocycles. The van der Waals surface area contributed by atoms with Crippen LogP contribution in [0.2, 0.25) is 0 Å². The van der Waals surface area contributed by atoms with Gasteiger partial charge in [0.05, 0.1) is 6.10 Å². The van der Waals surface area contributed by atoms with Crippen molar-refractivity contribution in [1.29, 1.82) is 0 Å². The Hall–Kier alpha value is -0.170. The molecule has 2 aliphatic heterocycles. The number of aliphatic hydroxyl groups is 1. The summed E-state index contributed by atoms with van der Waals surface area (Å²) in [7, 11) is -3.30. The molecule has 0 spiro atoms. The third kappa shape index (κ3) is 2.81. The second-order valence-corrected chi connectivity index (χ2v) is 6.99. The first kappa shape index (κ1) is 13.3. The monoisotopic (exact) mass is 262 g/mol. The van der Waals surface area contributed by atoms with Crippen molar-refractivity contribution in [3.8, 4) is 0 Å². The fourth-order valence-electron chi connectivity index (χ4n) is 2.71. The van der Waals surface area contributed by atoms with E-state index >= 15 is 0 Å². The number of aliphatic hydroxyl groups excluding tert-OH is 1. The Kier molecular flexibility index (Phi) is 4.07. The standard InChI is InChI=1S/C11H22N2O3S/c1-10-9-11(14)5-8-13(10)17(15,16)12-6-3-2-4-7-12/h10-11,14H,2-9H2,1H3/t10-,11-/m1/s1. The molecule has 0 aliphatic carbocycles. The fourth-order valence-corrected chi connectivity index (χ4v) is 4.61. The van der Waals surface area contributed by atoms with E-state index in [2.05, 4.69) is 0 Å². The van der Waals surface area contributed by atoms with Gasteiger partial charge in [0, 0.05) is 25.7 Å². The van der Waals surface area contributed by atoms with E-state index < -0.39 is 10.2 Å². The van der Waals surface area contributed by atoms with Crippen molar-refractivity contribution in [2.45, 2.75) is 51.2 Å². The van der Waals surface area contributed by atoms with E-state index in [-0.39, 0.29) is 12.1 Å². The van der Waals surface area contributed by atoms with Crippen LogP contribution in [0.1, 0.15) is 39.0 Å². The molecule has 0 bridgehead atoms. The van der Waals surface area contributed by atoms with Gasteiger partial charge in [0.15, 0.2) is 0 Å². The molecule has 0 radical (unpaired) electrons. The first-order valence-corrected chi connectivity index (χ1v) is 7.86. The van der Waals surface area contributed by atoms with E-state index in [4.69, 9.17) is 0 Å². The average Bonchev–Trinajstić information content (AvgIpc) is 2.29. The van der Waals surface area contributed by atoms with Crippen molar-refractivity contribution < 1.29 is 13.5 Å². The van der Waals surface area contributed by atoms with E-state index in [9.17, 15) is 13.5 Å². The van der Waals surface area contributed by atoms with E-state index in [0.717, 1.165) is 19.3 Å². The highest BCUT2D eigenvalue weighted by molar-refractivity contribution is 7.86. The van der Waals surface area contributed by atoms with E-state index in [1.54, 1.807) is 8.61 Å². The Labute approximate surface area is 104 Å². The van der Waals surface area contributed by atoms with Crippen LogP contribution in [-0.4, -0.2) is 53.9 Å². The molecule has 0 aromatic carbocycles. The molecule has 2 heterocycles. The minimum absolute atomic E-state index is 0.0920. The summed E-state index contributed by atoms with van der Waals surface area (Å²) in [5.74, 6) is 0. The molecule has 100 valence electrons. The van der Waals surface area contributed by atoms with Crippen molar-refractivity contribution in [3.05, 3.63) is 0 Å². The largest absolute Gasteiger partial charge is 0.393 e. The third-order valence-corrected chi connectivity index (χ3v) is 5.88. The van der Waals surface area contributed by atoms with Crippen LogP contribution >= 0.6 is 0 Å². The Bertz CT molecular complexity index is 352. The first-order chi connectivity index (χ1) is 8.01. The SMILES string of the molecule is C[C@@H]1C[C@H](O)CCN1S(=O)(=O)N1CCCCC1. The van der Waals surface area contributed by atoms with Gasteiger partial charge in [-0.1, -0.05) is 6.42 Å². The Morgan fingerprint density at radius 1 is 1.12 bits per heavy atom. The molecule has 6 heteroatoms. The van der Waals surface area contributed by atoms with Gasteiger partial charge >= 0.3 is 0 Å². The summed E-state index contributed by atoms with van der Waals surface area (Å²) in [6.45, 7) is 3.62. The molecule has 5 nitrogen and oxygen atoms in total. The van der Waals surface area contributed by atoms with Crippen LogP contribution in [0, 0.1) is 0 Å². The fraction of sp³-hybridized carbons (Fsp3) is 1.00. The number of hydrogen-bond donors (Lipinski definition) is 1. The highest BCUT2D eigenvalue weighted by Crippen LogP contribution is 2.24. The second kappa shape index (κ2) is 5.22. The van der Waals surface area contributed by atoms with E-state index in [1.807, 2.05) is 6.92 Å². The number of nitrogens with zero attached hydrogens (tertiary/aromatic N) is 2. The quantitative estimate of drug-likeness (QED) is 0.791. The topological polar surface area (TPSA) is 60.9 Å². The minimum atomic E-state index is -3.30. The zero-order valence-electron chi connectivity index (χ0n) is 10.4. The summed E-state index contributed by atoms with van der Waals surface area (Å²) in [5, 5.41) is 9.54. The molecule has 0 unspecified atom stereocenters. The lowest BCUT2D eigenvalue weighted by molar-refractivity contribution is 0.0832. The molecule has 2 fully saturated rings. The number of hydrogen-bond acceptors (Lipinski definition) is 3. The van der Waals surface area contributed by atoms with Crippen LogP contribution in [0.3, 0.4) is 0 Å². The summed E-state index contributed by atoms with van der Waals surface area (Å²) in [6, 6.07) is -0.0920. The Morgan fingerprint density at radius 2 is 1.76 bits per heavy atom. The van der Waals surface area contributed by atoms with Gasteiger partial charge in [-0.25, -0.2) is 0 Å². The van der Waals surface area contributed by atoms with Gasteiger partial charge in [-0.05, 0) is 32.6 Å². The van der Waals surface area contributed by atoms with Gasteiger partial charge in [-0.15, -0.1) is 0 Å². The lowest BCUT2D eigenvalue weighted by Gasteiger charge is -2.39. The molecule has 2 atom stereocenters. The van der Waals surface area contributed by atoms with Gasteiger partial charge in [-0.2, -0.15) is 17.0 Å². The predicted octanol–water partition coefficient (Wildman–Crippen LogP) is 0.562. The molecule has 2 saturated heterocycles. The molecule has 0 aromatic rings. The molecule has 0 saturated carbocycles. The predicted molar refractivity (Wildman–Crippen MR) is 65.8 cm³/mol. The van der Waals surface area contributed by atoms with Crippen molar-refractivity contribution in [2.24, 2.45) is 0 Å². The molecule has 17 heavy (non-hydrogen) atoms. The van der Waals surface area contributed by atoms with Crippen molar-refractivity contribution in [1.82, 2.24) is 8.61 Å². The van der Waals surface area contributed by atoms with E-state index in [1.165, 1.54) is 0 Å². The lowest BCUT2D eigenvalue weighted by atomic mass is 10.0. The highest BCUT2D eigenvalue weighted by Gasteiger charge is 2.36. The van der Waals surface area contributed by atoms with E-state index in [0.29, 0.717) is 32.5 Å². The average molecular weight is 262 g/mol. The molecular formula is C11H22N2O3S. The van der Waals surface area contributed by atoms with Gasteiger partial charge < -0.3 is 5.11 Å². The summed E-state index contributed by atoms with van der Waals surface area (Å²) < 4.78 is 28.0. The smallest absolute Gasteiger partial charge is 0.282 e. The van der Waals surface area contributed by atoms with Crippen LogP contribution in [0.15, 0.2) is 0 Å².